The van der Waals surface area contributed by atoms with Crippen molar-refractivity contribution in [2.75, 3.05) is 54.1 Å². The molecule has 1 saturated heterocycles. The third kappa shape index (κ3) is 5.31. The number of nitrogens with one attached hydrogen (secondary N) is 1. The second-order valence-corrected chi connectivity index (χ2v) is 8.59. The third-order valence-corrected chi connectivity index (χ3v) is 6.78. The van der Waals surface area contributed by atoms with Gasteiger partial charge in [-0.05, 0) is 37.0 Å². The smallest absolute Gasteiger partial charge is 0.251 e. The number of ether oxygens (including phenoxy) is 3. The Bertz CT molecular complexity index is 826. The lowest BCUT2D eigenvalue weighted by atomic mass is 10.0. The maximum atomic E-state index is 13.2. The number of rotatable bonds is 9. The molecule has 2 aromatic rings. The predicted octanol–water partition coefficient (Wildman–Crippen LogP) is 3.27. The maximum Gasteiger partial charge on any atom is 0.251 e. The largest absolute Gasteiger partial charge is 0.493 e. The zero-order chi connectivity index (χ0) is 22.4. The second-order valence-electron chi connectivity index (χ2n) is 7.61. The monoisotopic (exact) mass is 447 g/mol. The quantitative estimate of drug-likeness (QED) is 0.637. The van der Waals surface area contributed by atoms with Crippen molar-refractivity contribution < 1.29 is 19.0 Å². The predicted molar refractivity (Wildman–Crippen MR) is 124 cm³/mol. The lowest BCUT2D eigenvalue weighted by Gasteiger charge is -2.41. The van der Waals surface area contributed by atoms with Gasteiger partial charge in [0, 0.05) is 42.7 Å². The first-order valence-electron chi connectivity index (χ1n) is 10.6. The van der Waals surface area contributed by atoms with Gasteiger partial charge in [0.1, 0.15) is 0 Å². The van der Waals surface area contributed by atoms with Gasteiger partial charge >= 0.3 is 0 Å². The van der Waals surface area contributed by atoms with E-state index in [1.807, 2.05) is 0 Å². The molecule has 1 aliphatic rings. The molecule has 0 saturated carbocycles. The Labute approximate surface area is 188 Å². The third-order valence-electron chi connectivity index (χ3n) is 5.84. The van der Waals surface area contributed by atoms with Crippen LogP contribution in [0.3, 0.4) is 0 Å². The number of hydrogen-bond acceptors (Lipinski definition) is 7. The molecule has 0 unspecified atom stereocenters. The minimum atomic E-state index is -0.166. The molecule has 2 atom stereocenters. The first-order valence-corrected chi connectivity index (χ1v) is 11.5. The summed E-state index contributed by atoms with van der Waals surface area (Å²) in [5.41, 5.74) is 0.474. The van der Waals surface area contributed by atoms with Crippen LogP contribution in [0.4, 0.5) is 0 Å². The SMILES string of the molecule is CCN1CCN([C@@H](c2cccs2)[C@H](C)NC(=O)c2cc(OC)c(OC)c(OC)c2)CC1. The maximum absolute atomic E-state index is 13.2. The first kappa shape index (κ1) is 23.4. The van der Waals surface area contributed by atoms with Gasteiger partial charge in [0.05, 0.1) is 27.4 Å². The summed E-state index contributed by atoms with van der Waals surface area (Å²) in [6.07, 6.45) is 0. The van der Waals surface area contributed by atoms with Gasteiger partial charge in [-0.25, -0.2) is 0 Å². The highest BCUT2D eigenvalue weighted by Crippen LogP contribution is 2.38. The average molecular weight is 448 g/mol. The molecule has 31 heavy (non-hydrogen) atoms. The molecular weight excluding hydrogens is 414 g/mol. The minimum absolute atomic E-state index is 0.0709. The molecule has 1 aromatic heterocycles. The fourth-order valence-electron chi connectivity index (χ4n) is 4.14. The van der Waals surface area contributed by atoms with Crippen LogP contribution < -0.4 is 19.5 Å². The molecule has 0 spiro atoms. The lowest BCUT2D eigenvalue weighted by molar-refractivity contribution is 0.0753. The van der Waals surface area contributed by atoms with Crippen LogP contribution >= 0.6 is 11.3 Å². The number of nitrogens with zero attached hydrogens (tertiary/aromatic N) is 2. The van der Waals surface area contributed by atoms with Crippen molar-refractivity contribution >= 4 is 17.2 Å². The van der Waals surface area contributed by atoms with E-state index in [0.717, 1.165) is 32.7 Å². The Kier molecular flexibility index (Phi) is 8.17. The number of benzene rings is 1. The summed E-state index contributed by atoms with van der Waals surface area (Å²) in [5, 5.41) is 5.30. The van der Waals surface area contributed by atoms with Crippen LogP contribution in [-0.4, -0.2) is 75.8 Å². The van der Waals surface area contributed by atoms with Gasteiger partial charge < -0.3 is 24.4 Å². The fraction of sp³-hybridized carbons (Fsp3) is 0.522. The Morgan fingerprint density at radius 3 is 2.23 bits per heavy atom. The van der Waals surface area contributed by atoms with E-state index in [1.54, 1.807) is 44.8 Å². The van der Waals surface area contributed by atoms with Crippen LogP contribution in [0.2, 0.25) is 0 Å². The van der Waals surface area contributed by atoms with E-state index in [2.05, 4.69) is 46.5 Å². The van der Waals surface area contributed by atoms with Crippen LogP contribution in [0.25, 0.3) is 0 Å². The minimum Gasteiger partial charge on any atom is -0.493 e. The Hall–Kier alpha value is -2.29. The van der Waals surface area contributed by atoms with Crippen molar-refractivity contribution in [3.63, 3.8) is 0 Å². The van der Waals surface area contributed by atoms with Crippen LogP contribution in [0.15, 0.2) is 29.6 Å². The van der Waals surface area contributed by atoms with Crippen molar-refractivity contribution in [2.45, 2.75) is 25.9 Å². The van der Waals surface area contributed by atoms with Gasteiger partial charge in [-0.1, -0.05) is 13.0 Å². The Morgan fingerprint density at radius 2 is 1.74 bits per heavy atom. The van der Waals surface area contributed by atoms with Crippen molar-refractivity contribution in [3.05, 3.63) is 40.1 Å². The van der Waals surface area contributed by atoms with E-state index < -0.39 is 0 Å². The second kappa shape index (κ2) is 10.8. The van der Waals surface area contributed by atoms with Crippen molar-refractivity contribution in [2.24, 2.45) is 0 Å². The van der Waals surface area contributed by atoms with Crippen LogP contribution in [0.1, 0.15) is 35.1 Å². The summed E-state index contributed by atoms with van der Waals surface area (Å²) in [4.78, 5) is 19.4. The summed E-state index contributed by atoms with van der Waals surface area (Å²) in [6.45, 7) is 9.42. The van der Waals surface area contributed by atoms with Gasteiger partial charge in [0.15, 0.2) is 11.5 Å². The van der Waals surface area contributed by atoms with Gasteiger partial charge in [-0.2, -0.15) is 0 Å². The van der Waals surface area contributed by atoms with Crippen molar-refractivity contribution in [1.29, 1.82) is 0 Å². The van der Waals surface area contributed by atoms with Gasteiger partial charge in [0.25, 0.3) is 5.91 Å². The molecule has 2 heterocycles. The number of hydrogen-bond donors (Lipinski definition) is 1. The topological polar surface area (TPSA) is 63.3 Å². The number of carbonyl (C=O) groups excluding carboxylic acids is 1. The first-order chi connectivity index (χ1) is 15.0. The molecule has 1 fully saturated rings. The molecule has 3 rings (SSSR count). The van der Waals surface area contributed by atoms with E-state index in [4.69, 9.17) is 14.2 Å². The lowest BCUT2D eigenvalue weighted by Crippen LogP contribution is -2.52. The molecule has 0 radical (unpaired) electrons. The summed E-state index contributed by atoms with van der Waals surface area (Å²) < 4.78 is 16.2. The highest BCUT2D eigenvalue weighted by Gasteiger charge is 2.31. The van der Waals surface area contributed by atoms with E-state index in [1.165, 1.54) is 4.88 Å². The molecule has 1 aliphatic heterocycles. The number of amides is 1. The normalized spacial score (nSPS) is 17.1. The summed E-state index contributed by atoms with van der Waals surface area (Å²) >= 11 is 1.74. The van der Waals surface area contributed by atoms with Crippen LogP contribution in [0.5, 0.6) is 17.2 Å². The Balaban J connectivity index is 1.80. The zero-order valence-electron chi connectivity index (χ0n) is 19.0. The standard InChI is InChI=1S/C23H33N3O4S/c1-6-25-9-11-26(12-10-25)21(20-8-7-13-31-20)16(2)24-23(27)17-14-18(28-3)22(30-5)19(15-17)29-4/h7-8,13-16,21H,6,9-12H2,1-5H3,(H,24,27)/t16-,21+/m0/s1. The van der Waals surface area contributed by atoms with Crippen LogP contribution in [-0.2, 0) is 0 Å². The average Bonchev–Trinajstić information content (AvgIpc) is 3.32. The molecule has 0 aliphatic carbocycles. The molecule has 8 heteroatoms. The number of likely N-dealkylation sites (N-methyl/N-ethyl adjacent to an activating group) is 1. The summed E-state index contributed by atoms with van der Waals surface area (Å²) in [5.74, 6) is 1.23. The Morgan fingerprint density at radius 1 is 1.10 bits per heavy atom. The van der Waals surface area contributed by atoms with E-state index in [-0.39, 0.29) is 18.0 Å². The molecular formula is C23H33N3O4S. The molecule has 1 amide bonds. The highest BCUT2D eigenvalue weighted by molar-refractivity contribution is 7.10. The van der Waals surface area contributed by atoms with Gasteiger partial charge in [-0.15, -0.1) is 11.3 Å². The molecule has 1 aromatic carbocycles. The number of carbonyl (C=O) groups is 1. The van der Waals surface area contributed by atoms with Crippen molar-refractivity contribution in [1.82, 2.24) is 15.1 Å². The summed E-state index contributed by atoms with van der Waals surface area (Å²) in [6, 6.07) is 7.66. The molecule has 1 N–H and O–H groups in total. The number of methoxy groups -OCH3 is 3. The molecule has 170 valence electrons. The van der Waals surface area contributed by atoms with Gasteiger partial charge in [0.2, 0.25) is 5.75 Å². The number of thiophene rings is 1. The molecule has 7 nitrogen and oxygen atoms in total. The summed E-state index contributed by atoms with van der Waals surface area (Å²) in [7, 11) is 4.64. The van der Waals surface area contributed by atoms with E-state index >= 15 is 0 Å². The fourth-order valence-corrected chi connectivity index (χ4v) is 5.11. The molecule has 0 bridgehead atoms. The number of piperazine rings is 1. The zero-order valence-corrected chi connectivity index (χ0v) is 19.8. The van der Waals surface area contributed by atoms with Crippen LogP contribution in [0, 0.1) is 0 Å². The van der Waals surface area contributed by atoms with E-state index in [0.29, 0.717) is 22.8 Å². The highest BCUT2D eigenvalue weighted by atomic mass is 32.1. The van der Waals surface area contributed by atoms with Gasteiger partial charge in [-0.3, -0.25) is 9.69 Å². The van der Waals surface area contributed by atoms with Crippen molar-refractivity contribution in [3.8, 4) is 17.2 Å². The van der Waals surface area contributed by atoms with E-state index in [9.17, 15) is 4.79 Å².